The van der Waals surface area contributed by atoms with E-state index in [0.29, 0.717) is 0 Å². The van der Waals surface area contributed by atoms with Crippen molar-refractivity contribution in [1.29, 1.82) is 0 Å². The van der Waals surface area contributed by atoms with Gasteiger partial charge in [0, 0.05) is 0 Å². The van der Waals surface area contributed by atoms with Crippen LogP contribution < -0.4 is 0 Å². The second kappa shape index (κ2) is 10.4. The summed E-state index contributed by atoms with van der Waals surface area (Å²) in [5, 5.41) is 0. The molecule has 0 aromatic carbocycles. The van der Waals surface area contributed by atoms with Crippen molar-refractivity contribution in [2.24, 2.45) is 0 Å². The van der Waals surface area contributed by atoms with Gasteiger partial charge in [-0.2, -0.15) is 9.78 Å². The average molecular weight is 314 g/mol. The highest BCUT2D eigenvalue weighted by molar-refractivity contribution is 5.93. The number of carbonyl (C=O) groups excluding carboxylic acids is 4. The Hall–Kier alpha value is -2.32. The van der Waals surface area contributed by atoms with E-state index in [4.69, 9.17) is 0 Å². The first-order valence-corrected chi connectivity index (χ1v) is 6.36. The van der Waals surface area contributed by atoms with Crippen molar-refractivity contribution < 1.29 is 38.7 Å². The predicted molar refractivity (Wildman–Crippen MR) is 72.9 cm³/mol. The molecule has 0 heterocycles. The van der Waals surface area contributed by atoms with Gasteiger partial charge in [0.1, 0.15) is 0 Å². The summed E-state index contributed by atoms with van der Waals surface area (Å²) in [6.07, 6.45) is -0.607. The summed E-state index contributed by atoms with van der Waals surface area (Å²) in [7, 11) is 0. The summed E-state index contributed by atoms with van der Waals surface area (Å²) in [6, 6.07) is 0. The fraction of sp³-hybridized carbons (Fsp3) is 0.429. The van der Waals surface area contributed by atoms with Crippen LogP contribution in [0.15, 0.2) is 25.3 Å². The molecule has 0 bridgehead atoms. The Labute approximate surface area is 127 Å². The first-order valence-electron chi connectivity index (χ1n) is 6.36. The molecule has 0 aliphatic heterocycles. The summed E-state index contributed by atoms with van der Waals surface area (Å²) < 4.78 is 0. The van der Waals surface area contributed by atoms with Gasteiger partial charge in [0.05, 0.1) is 12.8 Å². The number of ketones is 2. The summed E-state index contributed by atoms with van der Waals surface area (Å²) in [4.78, 5) is 62.3. The maximum Gasteiger partial charge on any atom is 0.342 e. The van der Waals surface area contributed by atoms with Crippen molar-refractivity contribution in [2.75, 3.05) is 0 Å². The summed E-state index contributed by atoms with van der Waals surface area (Å²) in [5.41, 5.74) is 0. The van der Waals surface area contributed by atoms with Gasteiger partial charge in [-0.15, -0.1) is 0 Å². The number of hydrogen-bond donors (Lipinski definition) is 0. The van der Waals surface area contributed by atoms with E-state index in [2.05, 4.69) is 32.7 Å². The maximum atomic E-state index is 11.3. The summed E-state index contributed by atoms with van der Waals surface area (Å²) in [5.74, 6) is -2.64. The van der Waals surface area contributed by atoms with Crippen LogP contribution in [-0.4, -0.2) is 35.7 Å². The third-order valence-corrected chi connectivity index (χ3v) is 2.31. The zero-order valence-corrected chi connectivity index (χ0v) is 12.4. The molecule has 0 fully saturated rings. The van der Waals surface area contributed by atoms with Gasteiger partial charge < -0.3 is 0 Å². The molecule has 0 rings (SSSR count). The van der Waals surface area contributed by atoms with E-state index in [1.54, 1.807) is 0 Å². The maximum absolute atomic E-state index is 11.3. The number of rotatable bonds is 11. The first-order chi connectivity index (χ1) is 10.3. The Morgan fingerprint density at radius 1 is 0.818 bits per heavy atom. The van der Waals surface area contributed by atoms with Crippen molar-refractivity contribution in [3.05, 3.63) is 25.3 Å². The Kier molecular flexibility index (Phi) is 9.31. The van der Waals surface area contributed by atoms with Gasteiger partial charge in [0.15, 0.2) is 23.8 Å². The molecular formula is C14H18O8. The molecular weight excluding hydrogens is 296 g/mol. The molecule has 8 heteroatoms. The van der Waals surface area contributed by atoms with Crippen molar-refractivity contribution in [3.8, 4) is 0 Å². The lowest BCUT2D eigenvalue weighted by molar-refractivity contribution is -0.292. The molecule has 0 aliphatic rings. The quantitative estimate of drug-likeness (QED) is 0.316. The summed E-state index contributed by atoms with van der Waals surface area (Å²) >= 11 is 0. The van der Waals surface area contributed by atoms with Crippen LogP contribution in [0.5, 0.6) is 0 Å². The van der Waals surface area contributed by atoms with Crippen LogP contribution in [0.3, 0.4) is 0 Å². The van der Waals surface area contributed by atoms with E-state index in [0.717, 1.165) is 12.2 Å². The van der Waals surface area contributed by atoms with Gasteiger partial charge in [0.2, 0.25) is 0 Å². The molecule has 8 nitrogen and oxygen atoms in total. The van der Waals surface area contributed by atoms with Gasteiger partial charge in [-0.1, -0.05) is 13.2 Å². The normalized spacial score (nSPS) is 12.6. The van der Waals surface area contributed by atoms with Gasteiger partial charge in [-0.05, 0) is 26.0 Å². The Balaban J connectivity index is 3.93. The van der Waals surface area contributed by atoms with E-state index >= 15 is 0 Å². The van der Waals surface area contributed by atoms with Gasteiger partial charge in [-0.25, -0.2) is 9.59 Å². The average Bonchev–Trinajstić information content (AvgIpc) is 2.53. The van der Waals surface area contributed by atoms with Crippen molar-refractivity contribution in [2.45, 2.75) is 38.9 Å². The minimum absolute atomic E-state index is 0.346. The highest BCUT2D eigenvalue weighted by Crippen LogP contribution is 2.02. The Morgan fingerprint density at radius 3 is 1.41 bits per heavy atom. The smallest absolute Gasteiger partial charge is 0.298 e. The van der Waals surface area contributed by atoms with Crippen molar-refractivity contribution in [3.63, 3.8) is 0 Å². The van der Waals surface area contributed by atoms with E-state index in [9.17, 15) is 19.2 Å². The fourth-order valence-corrected chi connectivity index (χ4v) is 0.966. The zero-order chi connectivity index (χ0) is 17.1. The Bertz CT molecular complexity index is 412. The number of carbonyl (C=O) groups is 4. The standard InChI is InChI=1S/C14H18O8/c1-5-11(15)9(3)19-21-13(17)7-8-14(18)22-20-10(4)12(16)6-2/h5-6,9-10H,1-2,7-8H2,3-4H3. The van der Waals surface area contributed by atoms with E-state index < -0.39 is 35.7 Å². The molecule has 0 N–H and O–H groups in total. The minimum Gasteiger partial charge on any atom is -0.298 e. The monoisotopic (exact) mass is 314 g/mol. The van der Waals surface area contributed by atoms with Crippen LogP contribution >= 0.6 is 0 Å². The molecule has 0 radical (unpaired) electrons. The van der Waals surface area contributed by atoms with Gasteiger partial charge in [0.25, 0.3) is 0 Å². The summed E-state index contributed by atoms with van der Waals surface area (Å²) in [6.45, 7) is 9.24. The molecule has 0 aliphatic carbocycles. The number of hydrogen-bond acceptors (Lipinski definition) is 8. The second-order valence-corrected chi connectivity index (χ2v) is 4.10. The third kappa shape index (κ3) is 8.08. The Morgan fingerprint density at radius 2 is 1.14 bits per heavy atom. The first kappa shape index (κ1) is 19.7. The zero-order valence-electron chi connectivity index (χ0n) is 12.4. The van der Waals surface area contributed by atoms with E-state index in [-0.39, 0.29) is 12.8 Å². The van der Waals surface area contributed by atoms with Crippen molar-refractivity contribution in [1.82, 2.24) is 0 Å². The molecule has 22 heavy (non-hydrogen) atoms. The molecule has 2 unspecified atom stereocenters. The molecule has 0 aromatic rings. The molecule has 0 aromatic heterocycles. The molecule has 0 amide bonds. The van der Waals surface area contributed by atoms with Gasteiger partial charge in [-0.3, -0.25) is 19.4 Å². The van der Waals surface area contributed by atoms with Crippen LogP contribution in [0, 0.1) is 0 Å². The van der Waals surface area contributed by atoms with E-state index in [1.807, 2.05) is 0 Å². The minimum atomic E-state index is -0.984. The molecule has 2 atom stereocenters. The fourth-order valence-electron chi connectivity index (χ4n) is 0.966. The SMILES string of the molecule is C=CC(=O)C(C)OOC(=O)CCC(=O)OOC(C)C(=O)C=C. The largest absolute Gasteiger partial charge is 0.342 e. The van der Waals surface area contributed by atoms with Crippen LogP contribution in [0.25, 0.3) is 0 Å². The molecule has 122 valence electrons. The van der Waals surface area contributed by atoms with Crippen molar-refractivity contribution >= 4 is 23.5 Å². The van der Waals surface area contributed by atoms with E-state index in [1.165, 1.54) is 13.8 Å². The van der Waals surface area contributed by atoms with Crippen LogP contribution in [0.1, 0.15) is 26.7 Å². The molecule has 0 saturated carbocycles. The highest BCUT2D eigenvalue weighted by Gasteiger charge is 2.17. The highest BCUT2D eigenvalue weighted by atomic mass is 17.2. The molecule has 0 spiro atoms. The lowest BCUT2D eigenvalue weighted by Crippen LogP contribution is -2.22. The molecule has 0 saturated heterocycles. The van der Waals surface area contributed by atoms with Crippen LogP contribution in [0.2, 0.25) is 0 Å². The lowest BCUT2D eigenvalue weighted by atomic mass is 10.3. The van der Waals surface area contributed by atoms with Crippen LogP contribution in [0.4, 0.5) is 0 Å². The second-order valence-electron chi connectivity index (χ2n) is 4.10. The van der Waals surface area contributed by atoms with Crippen LogP contribution in [-0.2, 0) is 38.7 Å². The lowest BCUT2D eigenvalue weighted by Gasteiger charge is -2.09. The predicted octanol–water partition coefficient (Wildman–Crippen LogP) is 1.00. The van der Waals surface area contributed by atoms with Gasteiger partial charge >= 0.3 is 11.9 Å². The third-order valence-electron chi connectivity index (χ3n) is 2.31. The topological polar surface area (TPSA) is 105 Å².